The molecule has 1 fully saturated rings. The average Bonchev–Trinajstić information content (AvgIpc) is 3.15. The van der Waals surface area contributed by atoms with Gasteiger partial charge in [-0.1, -0.05) is 6.92 Å². The molecule has 0 amide bonds. The van der Waals surface area contributed by atoms with Crippen LogP contribution in [0, 0.1) is 5.82 Å². The van der Waals surface area contributed by atoms with Gasteiger partial charge in [-0.3, -0.25) is 0 Å². The first kappa shape index (κ1) is 20.8. The van der Waals surface area contributed by atoms with Gasteiger partial charge < -0.3 is 9.47 Å². The number of morpholine rings is 1. The maximum Gasteiger partial charge on any atom is 0.338 e. The van der Waals surface area contributed by atoms with Crippen molar-refractivity contribution >= 4 is 27.3 Å². The first-order valence-electron chi connectivity index (χ1n) is 8.89. The van der Waals surface area contributed by atoms with Gasteiger partial charge in [0, 0.05) is 18.5 Å². The van der Waals surface area contributed by atoms with Gasteiger partial charge in [-0.25, -0.2) is 22.6 Å². The molecule has 0 aliphatic carbocycles. The molecule has 0 radical (unpaired) electrons. The summed E-state index contributed by atoms with van der Waals surface area (Å²) in [5.74, 6) is -1.64. The molecule has 28 heavy (non-hydrogen) atoms. The van der Waals surface area contributed by atoms with Crippen LogP contribution in [-0.4, -0.2) is 50.0 Å². The Morgan fingerprint density at radius 2 is 2.11 bits per heavy atom. The summed E-state index contributed by atoms with van der Waals surface area (Å²) in [5.41, 5.74) is 0.599. The van der Waals surface area contributed by atoms with Crippen LogP contribution in [0.25, 0.3) is 0 Å². The number of aromatic nitrogens is 1. The molecule has 0 bridgehead atoms. The van der Waals surface area contributed by atoms with Gasteiger partial charge in [-0.15, -0.1) is 11.3 Å². The Morgan fingerprint density at radius 3 is 2.82 bits per heavy atom. The summed E-state index contributed by atoms with van der Waals surface area (Å²) in [4.78, 5) is 16.1. The molecule has 0 saturated carbocycles. The average molecular weight is 429 g/mol. The molecule has 1 aromatic carbocycles. The van der Waals surface area contributed by atoms with Crippen molar-refractivity contribution in [2.45, 2.75) is 31.3 Å². The zero-order valence-electron chi connectivity index (χ0n) is 15.4. The maximum atomic E-state index is 14.2. The summed E-state index contributed by atoms with van der Waals surface area (Å²) in [7, 11) is -4.06. The number of benzene rings is 1. The monoisotopic (exact) mass is 428 g/mol. The Hall–Kier alpha value is -1.88. The first-order chi connectivity index (χ1) is 13.4. The number of hydrogen-bond acceptors (Lipinski definition) is 7. The van der Waals surface area contributed by atoms with Gasteiger partial charge in [0.15, 0.2) is 0 Å². The number of halogens is 1. The summed E-state index contributed by atoms with van der Waals surface area (Å²) in [5, 5.41) is 2.78. The lowest BCUT2D eigenvalue weighted by atomic mass is 10.2. The fourth-order valence-corrected chi connectivity index (χ4v) is 5.10. The van der Waals surface area contributed by atoms with E-state index in [1.807, 2.05) is 5.38 Å². The number of rotatable bonds is 7. The molecule has 1 aliphatic rings. The number of thiazole rings is 1. The zero-order chi connectivity index (χ0) is 20.1. The van der Waals surface area contributed by atoms with Gasteiger partial charge in [0.2, 0.25) is 10.0 Å². The summed E-state index contributed by atoms with van der Waals surface area (Å²) in [6.07, 6.45) is 1.84. The Labute approximate surface area is 167 Å². The van der Waals surface area contributed by atoms with Crippen LogP contribution < -0.4 is 0 Å². The molecule has 1 saturated heterocycles. The Balaban J connectivity index is 1.73. The molecular weight excluding hydrogens is 407 g/mol. The summed E-state index contributed by atoms with van der Waals surface area (Å²) >= 11 is 1.50. The van der Waals surface area contributed by atoms with Crippen molar-refractivity contribution in [3.05, 3.63) is 45.7 Å². The normalized spacial score (nSPS) is 15.5. The number of hydrogen-bond donors (Lipinski definition) is 0. The Morgan fingerprint density at radius 1 is 1.36 bits per heavy atom. The van der Waals surface area contributed by atoms with E-state index in [2.05, 4.69) is 11.9 Å². The lowest BCUT2D eigenvalue weighted by molar-refractivity contribution is 0.0467. The smallest absolute Gasteiger partial charge is 0.338 e. The van der Waals surface area contributed by atoms with E-state index in [9.17, 15) is 17.6 Å². The van der Waals surface area contributed by atoms with Crippen molar-refractivity contribution in [2.24, 2.45) is 0 Å². The molecule has 10 heteroatoms. The van der Waals surface area contributed by atoms with Gasteiger partial charge in [0.1, 0.15) is 17.3 Å². The molecule has 0 N–H and O–H groups in total. The van der Waals surface area contributed by atoms with E-state index in [4.69, 9.17) is 9.47 Å². The third-order valence-electron chi connectivity index (χ3n) is 4.17. The van der Waals surface area contributed by atoms with Gasteiger partial charge in [-0.05, 0) is 31.0 Å². The van der Waals surface area contributed by atoms with E-state index in [0.29, 0.717) is 5.69 Å². The Kier molecular flexibility index (Phi) is 6.76. The molecule has 152 valence electrons. The van der Waals surface area contributed by atoms with Crippen molar-refractivity contribution < 1.29 is 27.1 Å². The molecule has 1 aliphatic heterocycles. The fourth-order valence-electron chi connectivity index (χ4n) is 2.72. The summed E-state index contributed by atoms with van der Waals surface area (Å²) < 4.78 is 51.1. The highest BCUT2D eigenvalue weighted by Crippen LogP contribution is 2.22. The third kappa shape index (κ3) is 4.75. The SMILES string of the molecule is CCCc1nc(COC(=O)c2ccc(F)c(S(=O)(=O)N3CCOCC3)c2)cs1. The van der Waals surface area contributed by atoms with Crippen molar-refractivity contribution in [3.63, 3.8) is 0 Å². The van der Waals surface area contributed by atoms with E-state index in [1.54, 1.807) is 0 Å². The van der Waals surface area contributed by atoms with Gasteiger partial charge >= 0.3 is 5.97 Å². The van der Waals surface area contributed by atoms with Gasteiger partial charge in [-0.2, -0.15) is 4.31 Å². The first-order valence-corrected chi connectivity index (χ1v) is 11.2. The van der Waals surface area contributed by atoms with Crippen LogP contribution in [0.4, 0.5) is 4.39 Å². The van der Waals surface area contributed by atoms with Crippen LogP contribution in [0.15, 0.2) is 28.5 Å². The predicted octanol–water partition coefficient (Wildman–Crippen LogP) is 2.61. The molecule has 0 atom stereocenters. The molecule has 7 nitrogen and oxygen atoms in total. The van der Waals surface area contributed by atoms with Crippen LogP contribution in [-0.2, 0) is 32.5 Å². The second kappa shape index (κ2) is 9.08. The van der Waals surface area contributed by atoms with E-state index < -0.39 is 26.7 Å². The van der Waals surface area contributed by atoms with Crippen LogP contribution in [0.5, 0.6) is 0 Å². The van der Waals surface area contributed by atoms with Crippen LogP contribution >= 0.6 is 11.3 Å². The van der Waals surface area contributed by atoms with Crippen molar-refractivity contribution in [1.82, 2.24) is 9.29 Å². The van der Waals surface area contributed by atoms with E-state index >= 15 is 0 Å². The van der Waals surface area contributed by atoms with Crippen molar-refractivity contribution in [2.75, 3.05) is 26.3 Å². The lowest BCUT2D eigenvalue weighted by Gasteiger charge is -2.26. The zero-order valence-corrected chi connectivity index (χ0v) is 17.0. The number of carbonyl (C=O) groups is 1. The lowest BCUT2D eigenvalue weighted by Crippen LogP contribution is -2.41. The predicted molar refractivity (Wildman–Crippen MR) is 101 cm³/mol. The third-order valence-corrected chi connectivity index (χ3v) is 7.04. The number of esters is 1. The molecule has 0 spiro atoms. The standard InChI is InChI=1S/C18H21FN2O5S2/c1-2-3-17-20-14(12-27-17)11-26-18(22)13-4-5-15(19)16(10-13)28(23,24)21-6-8-25-9-7-21/h4-5,10,12H,2-3,6-9,11H2,1H3. The molecule has 2 aromatic rings. The second-order valence-corrected chi connectivity index (χ2v) is 9.07. The second-order valence-electron chi connectivity index (χ2n) is 6.22. The number of carbonyl (C=O) groups excluding carboxylic acids is 1. The number of aryl methyl sites for hydroxylation is 1. The molecule has 0 unspecified atom stereocenters. The number of sulfonamides is 1. The van der Waals surface area contributed by atoms with E-state index in [-0.39, 0.29) is 38.5 Å². The molecule has 1 aromatic heterocycles. The van der Waals surface area contributed by atoms with Crippen LogP contribution in [0.2, 0.25) is 0 Å². The largest absolute Gasteiger partial charge is 0.456 e. The van der Waals surface area contributed by atoms with Crippen LogP contribution in [0.1, 0.15) is 34.4 Å². The van der Waals surface area contributed by atoms with Gasteiger partial charge in [0.05, 0.1) is 29.5 Å². The summed E-state index contributed by atoms with van der Waals surface area (Å²) in [6.45, 7) is 2.80. The minimum absolute atomic E-state index is 0.0258. The van der Waals surface area contributed by atoms with E-state index in [1.165, 1.54) is 17.4 Å². The highest BCUT2D eigenvalue weighted by Gasteiger charge is 2.30. The highest BCUT2D eigenvalue weighted by atomic mass is 32.2. The van der Waals surface area contributed by atoms with Crippen molar-refractivity contribution in [3.8, 4) is 0 Å². The minimum Gasteiger partial charge on any atom is -0.456 e. The number of nitrogens with zero attached hydrogens (tertiary/aromatic N) is 2. The topological polar surface area (TPSA) is 85.8 Å². The molecular formula is C18H21FN2O5S2. The quantitative estimate of drug-likeness (QED) is 0.630. The van der Waals surface area contributed by atoms with Crippen molar-refractivity contribution in [1.29, 1.82) is 0 Å². The fraction of sp³-hybridized carbons (Fsp3) is 0.444. The number of ether oxygens (including phenoxy) is 2. The van der Waals surface area contributed by atoms with Gasteiger partial charge in [0.25, 0.3) is 0 Å². The maximum absolute atomic E-state index is 14.2. The highest BCUT2D eigenvalue weighted by molar-refractivity contribution is 7.89. The van der Waals surface area contributed by atoms with E-state index in [0.717, 1.165) is 34.3 Å². The molecule has 2 heterocycles. The minimum atomic E-state index is -4.06. The Bertz CT molecular complexity index is 939. The van der Waals surface area contributed by atoms with Crippen LogP contribution in [0.3, 0.4) is 0 Å². The molecule has 3 rings (SSSR count). The summed E-state index contributed by atoms with van der Waals surface area (Å²) in [6, 6.07) is 3.19.